The molecule has 0 heterocycles. The maximum absolute atomic E-state index is 6.17. The van der Waals surface area contributed by atoms with Crippen molar-refractivity contribution in [2.45, 2.75) is 31.9 Å². The molecule has 2 aromatic carbocycles. The highest BCUT2D eigenvalue weighted by atomic mass is 16.5. The van der Waals surface area contributed by atoms with Gasteiger partial charge in [0.25, 0.3) is 0 Å². The topological polar surface area (TPSA) is 21.3 Å². The van der Waals surface area contributed by atoms with Gasteiger partial charge in [0.05, 0.1) is 0 Å². The minimum absolute atomic E-state index is 0.351. The van der Waals surface area contributed by atoms with Crippen molar-refractivity contribution < 1.29 is 4.74 Å². The van der Waals surface area contributed by atoms with Crippen molar-refractivity contribution in [2.24, 2.45) is 0 Å². The van der Waals surface area contributed by atoms with E-state index < -0.39 is 0 Å². The van der Waals surface area contributed by atoms with Gasteiger partial charge in [-0.25, -0.2) is 0 Å². The standard InChI is InChI=1S/C18H21NO/c1-2-19-15-12-16(13-15)20-18-11-7-6-10-17(18)14-8-4-3-5-9-14/h3-11,15-16,19H,2,12-13H2,1H3. The Balaban J connectivity index is 1.72. The highest BCUT2D eigenvalue weighted by Crippen LogP contribution is 2.33. The summed E-state index contributed by atoms with van der Waals surface area (Å²) in [6.07, 6.45) is 2.57. The molecule has 20 heavy (non-hydrogen) atoms. The Bertz CT molecular complexity index is 546. The van der Waals surface area contributed by atoms with Crippen LogP contribution in [0, 0.1) is 0 Å². The Hall–Kier alpha value is -1.80. The Kier molecular flexibility index (Phi) is 4.03. The van der Waals surface area contributed by atoms with E-state index in [9.17, 15) is 0 Å². The predicted octanol–water partition coefficient (Wildman–Crippen LogP) is 3.87. The van der Waals surface area contributed by atoms with E-state index in [-0.39, 0.29) is 0 Å². The largest absolute Gasteiger partial charge is 0.490 e. The van der Waals surface area contributed by atoms with E-state index in [1.807, 2.05) is 12.1 Å². The van der Waals surface area contributed by atoms with E-state index in [0.29, 0.717) is 12.1 Å². The molecule has 1 aliphatic carbocycles. The summed E-state index contributed by atoms with van der Waals surface area (Å²) in [5.41, 5.74) is 2.39. The van der Waals surface area contributed by atoms with Crippen LogP contribution in [0.25, 0.3) is 11.1 Å². The van der Waals surface area contributed by atoms with Crippen LogP contribution in [0.4, 0.5) is 0 Å². The summed E-state index contributed by atoms with van der Waals surface area (Å²) in [7, 11) is 0. The second kappa shape index (κ2) is 6.10. The molecule has 0 saturated heterocycles. The van der Waals surface area contributed by atoms with Crippen LogP contribution in [0.2, 0.25) is 0 Å². The van der Waals surface area contributed by atoms with E-state index >= 15 is 0 Å². The first kappa shape index (κ1) is 13.2. The Morgan fingerprint density at radius 2 is 1.70 bits per heavy atom. The van der Waals surface area contributed by atoms with Gasteiger partial charge in [-0.3, -0.25) is 0 Å². The van der Waals surface area contributed by atoms with E-state index in [4.69, 9.17) is 4.74 Å². The lowest BCUT2D eigenvalue weighted by atomic mass is 9.89. The molecular weight excluding hydrogens is 246 g/mol. The minimum Gasteiger partial charge on any atom is -0.490 e. The van der Waals surface area contributed by atoms with E-state index in [2.05, 4.69) is 54.7 Å². The molecule has 2 heteroatoms. The number of nitrogens with one attached hydrogen (secondary N) is 1. The first-order chi connectivity index (χ1) is 9.86. The summed E-state index contributed by atoms with van der Waals surface area (Å²) in [6.45, 7) is 3.19. The van der Waals surface area contributed by atoms with Gasteiger partial charge < -0.3 is 10.1 Å². The Morgan fingerprint density at radius 3 is 2.45 bits per heavy atom. The van der Waals surface area contributed by atoms with Crippen LogP contribution in [0.15, 0.2) is 54.6 Å². The number of hydrogen-bond acceptors (Lipinski definition) is 2. The number of benzene rings is 2. The molecule has 0 atom stereocenters. The second-order valence-corrected chi connectivity index (χ2v) is 5.33. The first-order valence-electron chi connectivity index (χ1n) is 7.41. The molecule has 1 N–H and O–H groups in total. The quantitative estimate of drug-likeness (QED) is 0.888. The normalized spacial score (nSPS) is 21.2. The second-order valence-electron chi connectivity index (χ2n) is 5.33. The van der Waals surface area contributed by atoms with Gasteiger partial charge in [-0.15, -0.1) is 0 Å². The van der Waals surface area contributed by atoms with Crippen molar-refractivity contribution in [1.29, 1.82) is 0 Å². The molecule has 104 valence electrons. The van der Waals surface area contributed by atoms with Crippen molar-refractivity contribution in [1.82, 2.24) is 5.32 Å². The summed E-state index contributed by atoms with van der Waals surface area (Å²) in [4.78, 5) is 0. The molecule has 0 spiro atoms. The van der Waals surface area contributed by atoms with Crippen LogP contribution < -0.4 is 10.1 Å². The van der Waals surface area contributed by atoms with Gasteiger partial charge >= 0.3 is 0 Å². The molecular formula is C18H21NO. The van der Waals surface area contributed by atoms with Crippen molar-refractivity contribution in [3.05, 3.63) is 54.6 Å². The third-order valence-corrected chi connectivity index (χ3v) is 3.85. The zero-order chi connectivity index (χ0) is 13.8. The van der Waals surface area contributed by atoms with Crippen molar-refractivity contribution in [2.75, 3.05) is 6.54 Å². The molecule has 2 nitrogen and oxygen atoms in total. The molecule has 1 aliphatic rings. The molecule has 0 radical (unpaired) electrons. The maximum Gasteiger partial charge on any atom is 0.127 e. The fourth-order valence-electron chi connectivity index (χ4n) is 2.72. The molecule has 3 rings (SSSR count). The summed E-state index contributed by atoms with van der Waals surface area (Å²) in [5.74, 6) is 0.999. The monoisotopic (exact) mass is 267 g/mol. The van der Waals surface area contributed by atoms with Crippen molar-refractivity contribution >= 4 is 0 Å². The van der Waals surface area contributed by atoms with Crippen LogP contribution in [0.3, 0.4) is 0 Å². The molecule has 1 saturated carbocycles. The van der Waals surface area contributed by atoms with Crippen LogP contribution in [0.5, 0.6) is 5.75 Å². The van der Waals surface area contributed by atoms with E-state index in [1.165, 1.54) is 11.1 Å². The van der Waals surface area contributed by atoms with Gasteiger partial charge in [0.15, 0.2) is 0 Å². The van der Waals surface area contributed by atoms with Crippen LogP contribution in [-0.4, -0.2) is 18.7 Å². The number of para-hydroxylation sites is 1. The summed E-state index contributed by atoms with van der Waals surface area (Å²) in [5, 5.41) is 3.46. The smallest absolute Gasteiger partial charge is 0.127 e. The van der Waals surface area contributed by atoms with Crippen LogP contribution >= 0.6 is 0 Å². The number of ether oxygens (including phenoxy) is 1. The molecule has 0 amide bonds. The van der Waals surface area contributed by atoms with Crippen molar-refractivity contribution in [3.63, 3.8) is 0 Å². The molecule has 0 bridgehead atoms. The zero-order valence-corrected chi connectivity index (χ0v) is 11.9. The lowest BCUT2D eigenvalue weighted by Crippen LogP contribution is -2.46. The zero-order valence-electron chi connectivity index (χ0n) is 11.9. The highest BCUT2D eigenvalue weighted by Gasteiger charge is 2.30. The molecule has 0 aliphatic heterocycles. The molecule has 2 aromatic rings. The van der Waals surface area contributed by atoms with Crippen LogP contribution in [0.1, 0.15) is 19.8 Å². The molecule has 0 aromatic heterocycles. The summed E-state index contributed by atoms with van der Waals surface area (Å²) < 4.78 is 6.17. The molecule has 1 fully saturated rings. The lowest BCUT2D eigenvalue weighted by molar-refractivity contribution is 0.0865. The first-order valence-corrected chi connectivity index (χ1v) is 7.41. The SMILES string of the molecule is CCNC1CC(Oc2ccccc2-c2ccccc2)C1. The molecule has 0 unspecified atom stereocenters. The van der Waals surface area contributed by atoms with Gasteiger partial charge in [0.1, 0.15) is 11.9 Å². The van der Waals surface area contributed by atoms with Gasteiger partial charge in [-0.2, -0.15) is 0 Å². The third-order valence-electron chi connectivity index (χ3n) is 3.85. The average molecular weight is 267 g/mol. The fraction of sp³-hybridized carbons (Fsp3) is 0.333. The van der Waals surface area contributed by atoms with Gasteiger partial charge in [-0.1, -0.05) is 55.5 Å². The Labute approximate surface area is 120 Å². The predicted molar refractivity (Wildman–Crippen MR) is 83.0 cm³/mol. The summed E-state index contributed by atoms with van der Waals surface area (Å²) >= 11 is 0. The van der Waals surface area contributed by atoms with E-state index in [1.54, 1.807) is 0 Å². The number of hydrogen-bond donors (Lipinski definition) is 1. The number of rotatable bonds is 5. The summed E-state index contributed by atoms with van der Waals surface area (Å²) in [6, 6.07) is 19.4. The third kappa shape index (κ3) is 2.86. The highest BCUT2D eigenvalue weighted by molar-refractivity contribution is 5.70. The maximum atomic E-state index is 6.17. The Morgan fingerprint density at radius 1 is 1.00 bits per heavy atom. The van der Waals surface area contributed by atoms with Crippen molar-refractivity contribution in [3.8, 4) is 16.9 Å². The van der Waals surface area contributed by atoms with Gasteiger partial charge in [0.2, 0.25) is 0 Å². The average Bonchev–Trinajstić information content (AvgIpc) is 2.46. The minimum atomic E-state index is 0.351. The van der Waals surface area contributed by atoms with Crippen LogP contribution in [-0.2, 0) is 0 Å². The van der Waals surface area contributed by atoms with Gasteiger partial charge in [-0.05, 0) is 31.0 Å². The van der Waals surface area contributed by atoms with E-state index in [0.717, 1.165) is 25.1 Å². The van der Waals surface area contributed by atoms with Gasteiger partial charge in [0, 0.05) is 11.6 Å². The lowest BCUT2D eigenvalue weighted by Gasteiger charge is -2.36. The fourth-order valence-corrected chi connectivity index (χ4v) is 2.72.